The van der Waals surface area contributed by atoms with Crippen molar-refractivity contribution in [3.63, 3.8) is 0 Å². The highest BCUT2D eigenvalue weighted by Gasteiger charge is 2.76. The van der Waals surface area contributed by atoms with Gasteiger partial charge in [-0.2, -0.15) is 0 Å². The van der Waals surface area contributed by atoms with E-state index >= 15 is 0 Å². The summed E-state index contributed by atoms with van der Waals surface area (Å²) in [4.78, 5) is 42.7. The zero-order chi connectivity index (χ0) is 24.8. The van der Waals surface area contributed by atoms with E-state index in [-0.39, 0.29) is 46.4 Å². The van der Waals surface area contributed by atoms with Gasteiger partial charge in [-0.15, -0.1) is 11.8 Å². The second-order valence-electron chi connectivity index (χ2n) is 10.3. The van der Waals surface area contributed by atoms with Crippen LogP contribution in [0.25, 0.3) is 0 Å². The van der Waals surface area contributed by atoms with Gasteiger partial charge in [0.1, 0.15) is 6.04 Å². The van der Waals surface area contributed by atoms with E-state index in [1.165, 1.54) is 0 Å². The molecule has 34 heavy (non-hydrogen) atoms. The summed E-state index contributed by atoms with van der Waals surface area (Å²) in [5.74, 6) is -1.71. The molecule has 9 heteroatoms. The van der Waals surface area contributed by atoms with Gasteiger partial charge in [0.25, 0.3) is 0 Å². The molecule has 186 valence electrons. The molecule has 7 atom stereocenters. The van der Waals surface area contributed by atoms with Gasteiger partial charge >= 0.3 is 0 Å². The summed E-state index contributed by atoms with van der Waals surface area (Å²) in [5.41, 5.74) is 0.991. The van der Waals surface area contributed by atoms with Crippen LogP contribution in [0.15, 0.2) is 30.3 Å². The number of thioether (sulfide) groups is 1. The van der Waals surface area contributed by atoms with E-state index in [4.69, 9.17) is 0 Å². The monoisotopic (exact) mass is 551 g/mol. The molecular weight excluding hydrogens is 518 g/mol. The lowest BCUT2D eigenvalue weighted by atomic mass is 9.70. The van der Waals surface area contributed by atoms with Gasteiger partial charge in [0, 0.05) is 22.7 Å². The Balaban J connectivity index is 1.69. The number of benzene rings is 1. The summed E-state index contributed by atoms with van der Waals surface area (Å²) in [7, 11) is 0. The minimum Gasteiger partial charge on any atom is -0.394 e. The molecule has 3 fully saturated rings. The Kier molecular flexibility index (Phi) is 7.37. The summed E-state index contributed by atoms with van der Waals surface area (Å²) in [5, 5.41) is 16.2. The quantitative estimate of drug-likeness (QED) is 0.430. The fraction of sp³-hybridized carbons (Fsp3) is 0.640. The summed E-state index contributed by atoms with van der Waals surface area (Å²) >= 11 is 5.38. The molecule has 7 nitrogen and oxygen atoms in total. The van der Waals surface area contributed by atoms with Crippen molar-refractivity contribution in [1.29, 1.82) is 0 Å². The Bertz CT molecular complexity index is 945. The molecule has 1 aromatic carbocycles. The second kappa shape index (κ2) is 9.82. The van der Waals surface area contributed by atoms with Gasteiger partial charge in [0.15, 0.2) is 0 Å². The van der Waals surface area contributed by atoms with Crippen LogP contribution in [-0.2, 0) is 20.9 Å². The van der Waals surface area contributed by atoms with Crippen molar-refractivity contribution in [2.75, 3.05) is 6.61 Å². The number of carbonyl (C=O) groups excluding carboxylic acids is 3. The maximum absolute atomic E-state index is 14.0. The Morgan fingerprint density at radius 3 is 2.47 bits per heavy atom. The maximum atomic E-state index is 14.0. The largest absolute Gasteiger partial charge is 0.394 e. The second-order valence-corrected chi connectivity index (χ2v) is 13.0. The fourth-order valence-electron chi connectivity index (χ4n) is 5.91. The predicted molar refractivity (Wildman–Crippen MR) is 136 cm³/mol. The molecule has 3 N–H and O–H groups in total. The van der Waals surface area contributed by atoms with Crippen molar-refractivity contribution in [2.24, 2.45) is 17.8 Å². The Hall–Kier alpha value is -1.58. The molecule has 3 heterocycles. The highest BCUT2D eigenvalue weighted by molar-refractivity contribution is 9.09. The molecule has 0 radical (unpaired) electrons. The summed E-state index contributed by atoms with van der Waals surface area (Å²) in [6.07, 6.45) is 0.629. The molecule has 3 unspecified atom stereocenters. The van der Waals surface area contributed by atoms with Crippen molar-refractivity contribution < 1.29 is 19.5 Å². The molecule has 3 aliphatic rings. The number of hydrogen-bond donors (Lipinski definition) is 3. The number of aliphatic hydroxyl groups excluding tert-OH is 1. The average molecular weight is 553 g/mol. The number of carbonyl (C=O) groups is 3. The Morgan fingerprint density at radius 1 is 1.21 bits per heavy atom. The van der Waals surface area contributed by atoms with E-state index in [1.807, 2.05) is 58.0 Å². The Labute approximate surface area is 213 Å². The lowest BCUT2D eigenvalue weighted by Crippen LogP contribution is -2.58. The van der Waals surface area contributed by atoms with Gasteiger partial charge in [-0.05, 0) is 31.7 Å². The van der Waals surface area contributed by atoms with Crippen LogP contribution in [0.2, 0.25) is 0 Å². The molecule has 3 saturated heterocycles. The number of amides is 3. The zero-order valence-electron chi connectivity index (χ0n) is 20.0. The molecule has 1 aromatic rings. The van der Waals surface area contributed by atoms with Crippen LogP contribution in [-0.4, -0.2) is 67.3 Å². The molecular formula is C25H34BrN3O4S. The van der Waals surface area contributed by atoms with Crippen LogP contribution in [0, 0.1) is 17.8 Å². The number of halogens is 1. The standard InChI is InChI=1S/C25H34BrN3O4S/c1-13(2)17(12-30)29-21(23(32)28-14(3)4)25-10-16(26)20(34-25)18(19(25)24(29)33)22(31)27-11-15-8-6-5-7-9-15/h5-9,13-14,16-21,30H,10-12H2,1-4H3,(H,27,31)(H,28,32)/t16?,17-,18-,19-,20-,21?,25?/m0/s1. The van der Waals surface area contributed by atoms with Gasteiger partial charge in [-0.25, -0.2) is 0 Å². The number of rotatable bonds is 8. The first-order valence-electron chi connectivity index (χ1n) is 12.0. The molecule has 4 rings (SSSR count). The third-order valence-corrected chi connectivity index (χ3v) is 10.6. The van der Waals surface area contributed by atoms with Crippen molar-refractivity contribution >= 4 is 45.4 Å². The number of aliphatic hydroxyl groups is 1. The zero-order valence-corrected chi connectivity index (χ0v) is 22.4. The third kappa shape index (κ3) is 4.17. The maximum Gasteiger partial charge on any atom is 0.244 e. The smallest absolute Gasteiger partial charge is 0.244 e. The highest BCUT2D eigenvalue weighted by atomic mass is 79.9. The number of nitrogens with one attached hydrogen (secondary N) is 2. The van der Waals surface area contributed by atoms with Gasteiger partial charge in [-0.3, -0.25) is 14.4 Å². The van der Waals surface area contributed by atoms with Crippen molar-refractivity contribution in [1.82, 2.24) is 15.5 Å². The van der Waals surface area contributed by atoms with E-state index in [0.717, 1.165) is 5.56 Å². The lowest BCUT2D eigenvalue weighted by Gasteiger charge is -2.39. The minimum absolute atomic E-state index is 0.0231. The normalized spacial score (nSPS) is 32.9. The lowest BCUT2D eigenvalue weighted by molar-refractivity contribution is -0.143. The molecule has 2 bridgehead atoms. The molecule has 1 spiro atoms. The van der Waals surface area contributed by atoms with Crippen LogP contribution in [0.3, 0.4) is 0 Å². The van der Waals surface area contributed by atoms with Crippen molar-refractivity contribution in [3.8, 4) is 0 Å². The number of likely N-dealkylation sites (tertiary alicyclic amines) is 1. The summed E-state index contributed by atoms with van der Waals surface area (Å²) in [6.45, 7) is 7.84. The number of alkyl halides is 1. The molecule has 3 aliphatic heterocycles. The van der Waals surface area contributed by atoms with Crippen LogP contribution >= 0.6 is 27.7 Å². The first kappa shape index (κ1) is 25.5. The van der Waals surface area contributed by atoms with Crippen molar-refractivity contribution in [3.05, 3.63) is 35.9 Å². The van der Waals surface area contributed by atoms with E-state index in [1.54, 1.807) is 16.7 Å². The van der Waals surface area contributed by atoms with E-state index < -0.39 is 28.7 Å². The fourth-order valence-corrected chi connectivity index (χ4v) is 9.51. The van der Waals surface area contributed by atoms with Crippen LogP contribution < -0.4 is 10.6 Å². The topological polar surface area (TPSA) is 98.7 Å². The van der Waals surface area contributed by atoms with E-state index in [9.17, 15) is 19.5 Å². The van der Waals surface area contributed by atoms with Crippen molar-refractivity contribution in [2.45, 2.75) is 73.6 Å². The summed E-state index contributed by atoms with van der Waals surface area (Å²) in [6, 6.07) is 8.38. The molecule has 0 aromatic heterocycles. The highest BCUT2D eigenvalue weighted by Crippen LogP contribution is 2.68. The summed E-state index contributed by atoms with van der Waals surface area (Å²) < 4.78 is -0.702. The number of hydrogen-bond acceptors (Lipinski definition) is 5. The SMILES string of the molecule is CC(C)NC(=O)C1N([C@@H](CO)C(C)C)C(=O)[C@@H]2[C@H](C(=O)NCc3ccccc3)[C@H]3SC12CC3Br. The van der Waals surface area contributed by atoms with Gasteiger partial charge < -0.3 is 20.6 Å². The van der Waals surface area contributed by atoms with Gasteiger partial charge in [0.2, 0.25) is 17.7 Å². The predicted octanol–water partition coefficient (Wildman–Crippen LogP) is 2.31. The number of nitrogens with zero attached hydrogens (tertiary/aromatic N) is 1. The third-order valence-electron chi connectivity index (χ3n) is 7.33. The van der Waals surface area contributed by atoms with E-state index in [2.05, 4.69) is 26.6 Å². The Morgan fingerprint density at radius 2 is 1.88 bits per heavy atom. The van der Waals surface area contributed by atoms with Gasteiger partial charge in [-0.1, -0.05) is 60.1 Å². The first-order valence-corrected chi connectivity index (χ1v) is 13.8. The van der Waals surface area contributed by atoms with E-state index in [0.29, 0.717) is 13.0 Å². The average Bonchev–Trinajstić information content (AvgIpc) is 3.36. The molecule has 0 saturated carbocycles. The van der Waals surface area contributed by atoms with Crippen LogP contribution in [0.4, 0.5) is 0 Å². The number of fused-ring (bicyclic) bond motifs is 1. The first-order chi connectivity index (χ1) is 16.1. The van der Waals surface area contributed by atoms with Crippen LogP contribution in [0.1, 0.15) is 39.7 Å². The van der Waals surface area contributed by atoms with Crippen LogP contribution in [0.5, 0.6) is 0 Å². The van der Waals surface area contributed by atoms with Gasteiger partial charge in [0.05, 0.1) is 29.2 Å². The molecule has 0 aliphatic carbocycles. The minimum atomic E-state index is -0.728. The molecule has 3 amide bonds.